The SMILES string of the molecule is N[C@@H](Cc1cc(I)c(Oc2ccc(O)c(Cc3ccccc3O)c2)c(I)c1)C(=O)O. The van der Waals surface area contributed by atoms with E-state index < -0.39 is 12.0 Å². The molecule has 0 aliphatic rings. The van der Waals surface area contributed by atoms with Crippen molar-refractivity contribution in [1.29, 1.82) is 0 Å². The third-order valence-electron chi connectivity index (χ3n) is 4.47. The molecule has 5 N–H and O–H groups in total. The fourth-order valence-corrected chi connectivity index (χ4v) is 5.04. The number of carbonyl (C=O) groups is 1. The Balaban J connectivity index is 1.84. The monoisotopic (exact) mass is 631 g/mol. The summed E-state index contributed by atoms with van der Waals surface area (Å²) in [5, 5.41) is 29.2. The van der Waals surface area contributed by atoms with Crippen molar-refractivity contribution in [3.05, 3.63) is 78.4 Å². The number of benzene rings is 3. The van der Waals surface area contributed by atoms with Crippen LogP contribution in [0.15, 0.2) is 54.6 Å². The number of aromatic hydroxyl groups is 2. The zero-order chi connectivity index (χ0) is 21.8. The minimum absolute atomic E-state index is 0.119. The summed E-state index contributed by atoms with van der Waals surface area (Å²) >= 11 is 4.28. The lowest BCUT2D eigenvalue weighted by Crippen LogP contribution is -2.32. The van der Waals surface area contributed by atoms with Crippen molar-refractivity contribution in [2.24, 2.45) is 5.73 Å². The summed E-state index contributed by atoms with van der Waals surface area (Å²) in [6.07, 6.45) is 0.585. The molecule has 0 saturated carbocycles. The largest absolute Gasteiger partial charge is 0.508 e. The maximum Gasteiger partial charge on any atom is 0.320 e. The second-order valence-electron chi connectivity index (χ2n) is 6.74. The number of rotatable bonds is 7. The van der Waals surface area contributed by atoms with E-state index in [0.29, 0.717) is 29.0 Å². The molecule has 156 valence electrons. The molecule has 30 heavy (non-hydrogen) atoms. The van der Waals surface area contributed by atoms with Crippen molar-refractivity contribution in [3.63, 3.8) is 0 Å². The van der Waals surface area contributed by atoms with Crippen molar-refractivity contribution in [1.82, 2.24) is 0 Å². The fourth-order valence-electron chi connectivity index (χ4n) is 2.92. The number of para-hydroxylation sites is 1. The summed E-state index contributed by atoms with van der Waals surface area (Å²) in [7, 11) is 0. The molecule has 0 spiro atoms. The Labute approximate surface area is 201 Å². The molecule has 0 heterocycles. The number of aliphatic carboxylic acids is 1. The Bertz CT molecular complexity index is 1060. The fraction of sp³-hybridized carbons (Fsp3) is 0.136. The molecule has 0 bridgehead atoms. The number of halogens is 2. The number of hydrogen-bond acceptors (Lipinski definition) is 5. The van der Waals surface area contributed by atoms with Crippen LogP contribution in [0, 0.1) is 7.14 Å². The lowest BCUT2D eigenvalue weighted by atomic mass is 10.0. The second kappa shape index (κ2) is 9.84. The van der Waals surface area contributed by atoms with Gasteiger partial charge in [0.05, 0.1) is 7.14 Å². The summed E-state index contributed by atoms with van der Waals surface area (Å²) in [6.45, 7) is 0. The molecule has 0 aliphatic carbocycles. The molecule has 0 aromatic heterocycles. The van der Waals surface area contributed by atoms with Crippen LogP contribution in [-0.2, 0) is 17.6 Å². The number of phenolic OH excluding ortho intramolecular Hbond substituents is 2. The van der Waals surface area contributed by atoms with Crippen LogP contribution in [0.25, 0.3) is 0 Å². The molecule has 0 aliphatic heterocycles. The Morgan fingerprint density at radius 3 is 2.23 bits per heavy atom. The maximum absolute atomic E-state index is 11.0. The first-order valence-electron chi connectivity index (χ1n) is 8.97. The van der Waals surface area contributed by atoms with Crippen molar-refractivity contribution in [3.8, 4) is 23.0 Å². The average Bonchev–Trinajstić information content (AvgIpc) is 2.68. The summed E-state index contributed by atoms with van der Waals surface area (Å²) in [5.74, 6) is 0.434. The van der Waals surface area contributed by atoms with Crippen molar-refractivity contribution < 1.29 is 24.9 Å². The Kier molecular flexibility index (Phi) is 7.42. The van der Waals surface area contributed by atoms with Crippen LogP contribution in [0.1, 0.15) is 16.7 Å². The number of carboxylic acid groups (broad SMARTS) is 1. The predicted octanol–water partition coefficient (Wildman–Crippen LogP) is 4.64. The molecular formula is C22H19I2NO5. The number of phenols is 2. The molecule has 1 atom stereocenters. The maximum atomic E-state index is 11.0. The van der Waals surface area contributed by atoms with Gasteiger partial charge in [-0.25, -0.2) is 0 Å². The van der Waals surface area contributed by atoms with Gasteiger partial charge in [-0.1, -0.05) is 18.2 Å². The van der Waals surface area contributed by atoms with Crippen LogP contribution in [-0.4, -0.2) is 27.3 Å². The molecule has 3 aromatic carbocycles. The third kappa shape index (κ3) is 5.55. The first kappa shape index (κ1) is 22.6. The van der Waals surface area contributed by atoms with E-state index in [4.69, 9.17) is 15.6 Å². The molecule has 0 unspecified atom stereocenters. The third-order valence-corrected chi connectivity index (χ3v) is 6.08. The number of nitrogens with two attached hydrogens (primary N) is 1. The van der Waals surface area contributed by atoms with Crippen LogP contribution < -0.4 is 10.5 Å². The van der Waals surface area contributed by atoms with E-state index in [-0.39, 0.29) is 17.9 Å². The van der Waals surface area contributed by atoms with Gasteiger partial charge in [0.1, 0.15) is 23.3 Å². The van der Waals surface area contributed by atoms with Gasteiger partial charge in [0, 0.05) is 12.0 Å². The zero-order valence-corrected chi connectivity index (χ0v) is 20.0. The molecule has 3 rings (SSSR count). The lowest BCUT2D eigenvalue weighted by molar-refractivity contribution is -0.138. The molecule has 6 nitrogen and oxygen atoms in total. The molecule has 3 aromatic rings. The second-order valence-corrected chi connectivity index (χ2v) is 9.06. The van der Waals surface area contributed by atoms with Gasteiger partial charge in [0.2, 0.25) is 0 Å². The zero-order valence-electron chi connectivity index (χ0n) is 15.7. The van der Waals surface area contributed by atoms with Crippen molar-refractivity contribution in [2.75, 3.05) is 0 Å². The summed E-state index contributed by atoms with van der Waals surface area (Å²) in [4.78, 5) is 11.0. The van der Waals surface area contributed by atoms with E-state index in [1.165, 1.54) is 0 Å². The van der Waals surface area contributed by atoms with E-state index >= 15 is 0 Å². The summed E-state index contributed by atoms with van der Waals surface area (Å²) in [5.41, 5.74) is 7.78. The van der Waals surface area contributed by atoms with E-state index in [1.807, 2.05) is 18.2 Å². The van der Waals surface area contributed by atoms with Gasteiger partial charge < -0.3 is 25.8 Å². The highest BCUT2D eigenvalue weighted by Crippen LogP contribution is 2.35. The van der Waals surface area contributed by atoms with E-state index in [9.17, 15) is 15.0 Å². The smallest absolute Gasteiger partial charge is 0.320 e. The van der Waals surface area contributed by atoms with E-state index in [1.54, 1.807) is 36.4 Å². The van der Waals surface area contributed by atoms with Gasteiger partial charge in [-0.3, -0.25) is 4.79 Å². The van der Waals surface area contributed by atoms with Crippen LogP contribution in [0.2, 0.25) is 0 Å². The van der Waals surface area contributed by atoms with E-state index in [0.717, 1.165) is 12.7 Å². The standard InChI is InChI=1S/C22H19I2NO5/c23-16-7-12(9-18(25)22(28)29)8-17(24)21(16)30-15-5-6-20(27)14(11-15)10-13-3-1-2-4-19(13)26/h1-8,11,18,26-27H,9-10,25H2,(H,28,29)/t18-/m0/s1. The quantitative estimate of drug-likeness (QED) is 0.283. The van der Waals surface area contributed by atoms with Crippen LogP contribution in [0.5, 0.6) is 23.0 Å². The van der Waals surface area contributed by atoms with Crippen LogP contribution in [0.3, 0.4) is 0 Å². The predicted molar refractivity (Wildman–Crippen MR) is 130 cm³/mol. The number of carboxylic acids is 1. The topological polar surface area (TPSA) is 113 Å². The van der Waals surface area contributed by atoms with Gasteiger partial charge >= 0.3 is 5.97 Å². The number of ether oxygens (including phenoxy) is 1. The van der Waals surface area contributed by atoms with Gasteiger partial charge in [-0.05, 0) is 99.1 Å². The van der Waals surface area contributed by atoms with Crippen molar-refractivity contribution in [2.45, 2.75) is 18.9 Å². The number of hydrogen-bond donors (Lipinski definition) is 4. The highest BCUT2D eigenvalue weighted by Gasteiger charge is 2.16. The molecule has 0 radical (unpaired) electrons. The highest BCUT2D eigenvalue weighted by molar-refractivity contribution is 14.1. The Morgan fingerprint density at radius 1 is 0.967 bits per heavy atom. The van der Waals surface area contributed by atoms with Crippen LogP contribution in [0.4, 0.5) is 0 Å². The van der Waals surface area contributed by atoms with Gasteiger partial charge in [0.15, 0.2) is 5.75 Å². The summed E-state index contributed by atoms with van der Waals surface area (Å²) in [6, 6.07) is 14.7. The molecule has 8 heteroatoms. The average molecular weight is 631 g/mol. The first-order valence-corrected chi connectivity index (χ1v) is 11.1. The molecule has 0 saturated heterocycles. The first-order chi connectivity index (χ1) is 14.2. The van der Waals surface area contributed by atoms with E-state index in [2.05, 4.69) is 45.2 Å². The molecule has 0 fully saturated rings. The molecular weight excluding hydrogens is 612 g/mol. The minimum Gasteiger partial charge on any atom is -0.508 e. The van der Waals surface area contributed by atoms with Gasteiger partial charge in [-0.15, -0.1) is 0 Å². The summed E-state index contributed by atoms with van der Waals surface area (Å²) < 4.78 is 7.72. The normalized spacial score (nSPS) is 11.8. The van der Waals surface area contributed by atoms with Gasteiger partial charge in [-0.2, -0.15) is 0 Å². The van der Waals surface area contributed by atoms with Gasteiger partial charge in [0.25, 0.3) is 0 Å². The highest BCUT2D eigenvalue weighted by atomic mass is 127. The van der Waals surface area contributed by atoms with Crippen LogP contribution >= 0.6 is 45.2 Å². The lowest BCUT2D eigenvalue weighted by Gasteiger charge is -2.15. The molecule has 0 amide bonds. The minimum atomic E-state index is -1.04. The Morgan fingerprint density at radius 2 is 1.60 bits per heavy atom. The van der Waals surface area contributed by atoms with Crippen molar-refractivity contribution >= 4 is 51.2 Å². The Hall–Kier alpha value is -2.05.